The molecule has 4 aromatic rings. The van der Waals surface area contributed by atoms with Crippen molar-refractivity contribution in [1.82, 2.24) is 15.2 Å². The number of H-pyrrole nitrogens is 1. The number of benzene rings is 2. The van der Waals surface area contributed by atoms with Gasteiger partial charge < -0.3 is 0 Å². The fourth-order valence-electron chi connectivity index (χ4n) is 4.10. The van der Waals surface area contributed by atoms with Crippen LogP contribution in [-0.4, -0.2) is 21.1 Å². The van der Waals surface area contributed by atoms with E-state index in [0.29, 0.717) is 17.5 Å². The monoisotopic (exact) mass is 556 g/mol. The molecule has 0 spiro atoms. The molecule has 2 aromatic carbocycles. The van der Waals surface area contributed by atoms with E-state index in [-0.39, 0.29) is 11.5 Å². The number of pyridine rings is 1. The smallest absolute Gasteiger partial charge is 0.272 e. The summed E-state index contributed by atoms with van der Waals surface area (Å²) in [6.45, 7) is 1.77. The van der Waals surface area contributed by atoms with Crippen molar-refractivity contribution in [1.29, 1.82) is 0 Å². The molecule has 1 aliphatic rings. The molecule has 2 atom stereocenters. The Morgan fingerprint density at radius 3 is 2.75 bits per heavy atom. The third-order valence-corrected chi connectivity index (χ3v) is 6.97. The molecule has 0 fully saturated rings. The zero-order valence-electron chi connectivity index (χ0n) is 17.0. The molecule has 5 rings (SSSR count). The molecule has 1 amide bonds. The zero-order chi connectivity index (χ0) is 22.5. The molecule has 7 nitrogen and oxygen atoms in total. The summed E-state index contributed by atoms with van der Waals surface area (Å²) in [5.41, 5.74) is 2.54. The summed E-state index contributed by atoms with van der Waals surface area (Å²) < 4.78 is 5.60. The van der Waals surface area contributed by atoms with E-state index >= 15 is 0 Å². The number of halogens is 1. The van der Waals surface area contributed by atoms with Crippen molar-refractivity contribution >= 4 is 65.6 Å². The number of nitrogens with zero attached hydrogens (tertiary/aromatic N) is 3. The van der Waals surface area contributed by atoms with Crippen LogP contribution in [0.25, 0.3) is 10.8 Å². The fraction of sp³-hybridized carbons (Fsp3) is 0.130. The molecule has 2 unspecified atom stereocenters. The standard InChI is InChI=1S/C23H18IN4O3P/c1-23(31-24)18-4-2-3-5-20(18)28(22(23)30)14-8-13(11-25-12-14)9-19-16-7-6-15(32)10-17(16)21(29)27-26-19/h2-8,10-12H,9,32H2,1H3,(H,27,29). The van der Waals surface area contributed by atoms with Crippen LogP contribution in [0.3, 0.4) is 0 Å². The van der Waals surface area contributed by atoms with Gasteiger partial charge in [-0.2, -0.15) is 5.10 Å². The van der Waals surface area contributed by atoms with E-state index in [2.05, 4.69) is 24.4 Å². The highest BCUT2D eigenvalue weighted by Gasteiger charge is 2.49. The van der Waals surface area contributed by atoms with E-state index in [9.17, 15) is 9.59 Å². The lowest BCUT2D eigenvalue weighted by Crippen LogP contribution is -2.36. The zero-order valence-corrected chi connectivity index (χ0v) is 20.3. The molecule has 0 saturated carbocycles. The first-order valence-electron chi connectivity index (χ1n) is 9.87. The van der Waals surface area contributed by atoms with Crippen LogP contribution in [0.2, 0.25) is 0 Å². The van der Waals surface area contributed by atoms with Crippen molar-refractivity contribution < 1.29 is 7.86 Å². The number of carbonyl (C=O) groups is 1. The van der Waals surface area contributed by atoms with Crippen LogP contribution < -0.4 is 15.8 Å². The summed E-state index contributed by atoms with van der Waals surface area (Å²) in [4.78, 5) is 31.6. The second kappa shape index (κ2) is 8.03. The van der Waals surface area contributed by atoms with Gasteiger partial charge >= 0.3 is 0 Å². The molecule has 1 N–H and O–H groups in total. The molecule has 1 aliphatic heterocycles. The summed E-state index contributed by atoms with van der Waals surface area (Å²) >= 11 is 1.78. The highest BCUT2D eigenvalue weighted by Crippen LogP contribution is 2.46. The summed E-state index contributed by atoms with van der Waals surface area (Å²) in [5, 5.41) is 9.16. The van der Waals surface area contributed by atoms with Crippen LogP contribution in [0, 0.1) is 0 Å². The lowest BCUT2D eigenvalue weighted by Gasteiger charge is -2.21. The van der Waals surface area contributed by atoms with Gasteiger partial charge in [0, 0.05) is 23.6 Å². The number of hydrogen-bond acceptors (Lipinski definition) is 5. The maximum atomic E-state index is 13.3. The molecule has 160 valence electrons. The minimum Gasteiger partial charge on any atom is -0.294 e. The number of rotatable bonds is 4. The SMILES string of the molecule is CC1(OI)C(=O)N(c2cncc(Cc3n[nH]c(=O)c4cc(P)ccc34)c2)c2ccccc21. The number of fused-ring (bicyclic) bond motifs is 2. The Kier molecular flexibility index (Phi) is 5.31. The van der Waals surface area contributed by atoms with Gasteiger partial charge in [-0.05, 0) is 36.0 Å². The second-order valence-corrected chi connectivity index (χ2v) is 8.91. The van der Waals surface area contributed by atoms with Gasteiger partial charge in [-0.1, -0.05) is 30.3 Å². The average Bonchev–Trinajstić information content (AvgIpc) is 3.03. The van der Waals surface area contributed by atoms with Crippen molar-refractivity contribution in [3.63, 3.8) is 0 Å². The quantitative estimate of drug-likeness (QED) is 0.306. The van der Waals surface area contributed by atoms with Gasteiger partial charge in [-0.3, -0.25) is 22.5 Å². The molecule has 0 saturated heterocycles. The summed E-state index contributed by atoms with van der Waals surface area (Å²) in [7, 11) is 2.60. The lowest BCUT2D eigenvalue weighted by atomic mass is 9.98. The number of aromatic amines is 1. The molecular formula is C23H18IN4O3P. The van der Waals surface area contributed by atoms with Crippen molar-refractivity contribution in [3.8, 4) is 0 Å². The van der Waals surface area contributed by atoms with Crippen molar-refractivity contribution in [2.75, 3.05) is 4.90 Å². The Labute approximate surface area is 200 Å². The van der Waals surface area contributed by atoms with Crippen molar-refractivity contribution in [3.05, 3.63) is 88.1 Å². The first kappa shape index (κ1) is 21.2. The van der Waals surface area contributed by atoms with Crippen LogP contribution in [-0.2, 0) is 19.9 Å². The van der Waals surface area contributed by atoms with Gasteiger partial charge in [0.2, 0.25) is 0 Å². The molecule has 2 aromatic heterocycles. The highest BCUT2D eigenvalue weighted by molar-refractivity contribution is 14.1. The molecule has 9 heteroatoms. The van der Waals surface area contributed by atoms with E-state index in [4.69, 9.17) is 3.07 Å². The number of carbonyl (C=O) groups excluding carboxylic acids is 1. The average molecular weight is 556 g/mol. The normalized spacial score (nSPS) is 17.7. The number of para-hydroxylation sites is 1. The molecule has 0 bridgehead atoms. The molecule has 32 heavy (non-hydrogen) atoms. The van der Waals surface area contributed by atoms with E-state index in [1.165, 1.54) is 0 Å². The molecule has 3 heterocycles. The van der Waals surface area contributed by atoms with Gasteiger partial charge in [-0.15, -0.1) is 9.24 Å². The summed E-state index contributed by atoms with van der Waals surface area (Å²) in [6.07, 6.45) is 3.86. The van der Waals surface area contributed by atoms with E-state index < -0.39 is 5.60 Å². The Morgan fingerprint density at radius 2 is 1.94 bits per heavy atom. The van der Waals surface area contributed by atoms with E-state index in [1.54, 1.807) is 47.2 Å². The van der Waals surface area contributed by atoms with Crippen molar-refractivity contribution in [2.24, 2.45) is 0 Å². The third kappa shape index (κ3) is 3.34. The Hall–Kier alpha value is -2.68. The topological polar surface area (TPSA) is 88.2 Å². The molecule has 0 aliphatic carbocycles. The number of hydrogen-bond donors (Lipinski definition) is 1. The van der Waals surface area contributed by atoms with E-state index in [0.717, 1.165) is 33.2 Å². The van der Waals surface area contributed by atoms with Crippen LogP contribution >= 0.6 is 32.2 Å². The molecule has 0 radical (unpaired) electrons. The predicted molar refractivity (Wildman–Crippen MR) is 135 cm³/mol. The van der Waals surface area contributed by atoms with Crippen molar-refractivity contribution in [2.45, 2.75) is 18.9 Å². The summed E-state index contributed by atoms with van der Waals surface area (Å²) in [5.74, 6) is -0.173. The van der Waals surface area contributed by atoms with Crippen LogP contribution in [0.4, 0.5) is 11.4 Å². The van der Waals surface area contributed by atoms with E-state index in [1.807, 2.05) is 48.5 Å². The largest absolute Gasteiger partial charge is 0.294 e. The van der Waals surface area contributed by atoms with Gasteiger partial charge in [0.1, 0.15) is 23.0 Å². The Bertz CT molecular complexity index is 1440. The minimum absolute atomic E-state index is 0.173. The molecular weight excluding hydrogens is 538 g/mol. The first-order valence-corrected chi connectivity index (χ1v) is 11.3. The van der Waals surface area contributed by atoms with Gasteiger partial charge in [0.05, 0.1) is 28.7 Å². The fourth-order valence-corrected chi connectivity index (χ4v) is 4.79. The van der Waals surface area contributed by atoms with Gasteiger partial charge in [-0.25, -0.2) is 5.10 Å². The van der Waals surface area contributed by atoms with Gasteiger partial charge in [0.25, 0.3) is 11.5 Å². The highest BCUT2D eigenvalue weighted by atomic mass is 127. The second-order valence-electron chi connectivity index (χ2n) is 7.80. The maximum Gasteiger partial charge on any atom is 0.272 e. The van der Waals surface area contributed by atoms with Gasteiger partial charge in [0.15, 0.2) is 5.60 Å². The minimum atomic E-state index is -1.07. The predicted octanol–water partition coefficient (Wildman–Crippen LogP) is 3.67. The van der Waals surface area contributed by atoms with Crippen LogP contribution in [0.5, 0.6) is 0 Å². The number of aromatic nitrogens is 3. The number of amides is 1. The van der Waals surface area contributed by atoms with Crippen LogP contribution in [0.15, 0.2) is 65.7 Å². The maximum absolute atomic E-state index is 13.3. The Balaban J connectivity index is 1.56. The first-order chi connectivity index (χ1) is 15.4. The number of nitrogens with one attached hydrogen (secondary N) is 1. The van der Waals surface area contributed by atoms with Crippen LogP contribution in [0.1, 0.15) is 23.7 Å². The lowest BCUT2D eigenvalue weighted by molar-refractivity contribution is -0.128. The Morgan fingerprint density at radius 1 is 1.12 bits per heavy atom. The summed E-state index contributed by atoms with van der Waals surface area (Å²) in [6, 6.07) is 15.2. The third-order valence-electron chi connectivity index (χ3n) is 5.73. The number of anilines is 2.